The van der Waals surface area contributed by atoms with Crippen LogP contribution in [-0.2, 0) is 9.59 Å². The van der Waals surface area contributed by atoms with E-state index in [2.05, 4.69) is 0 Å². The lowest BCUT2D eigenvalue weighted by Crippen LogP contribution is -2.29. The van der Waals surface area contributed by atoms with Crippen molar-refractivity contribution in [3.05, 3.63) is 86.1 Å². The van der Waals surface area contributed by atoms with Crippen molar-refractivity contribution in [2.75, 3.05) is 5.01 Å². The molecule has 2 aromatic rings. The van der Waals surface area contributed by atoms with Gasteiger partial charge in [0.25, 0.3) is 5.91 Å². The summed E-state index contributed by atoms with van der Waals surface area (Å²) in [6.07, 6.45) is 3.73. The molecule has 0 N–H and O–H groups in total. The summed E-state index contributed by atoms with van der Waals surface area (Å²) in [6.45, 7) is 12.1. The molecule has 6 heteroatoms. The Balaban J connectivity index is 2.00. The fraction of sp³-hybridized carbons (Fsp3) is 0.296. The van der Waals surface area contributed by atoms with Crippen molar-refractivity contribution >= 4 is 46.0 Å². The average Bonchev–Trinajstić information content (AvgIpc) is 3.35. The zero-order valence-electron chi connectivity index (χ0n) is 19.7. The Bertz CT molecular complexity index is 1230. The second-order valence-corrected chi connectivity index (χ2v) is 11.6. The molecule has 0 unspecified atom stereocenters. The van der Waals surface area contributed by atoms with Crippen LogP contribution in [-0.4, -0.2) is 17.4 Å². The van der Waals surface area contributed by atoms with E-state index in [9.17, 15) is 9.59 Å². The molecule has 0 fully saturated rings. The van der Waals surface area contributed by atoms with Crippen molar-refractivity contribution in [1.82, 2.24) is 0 Å². The molecule has 1 amide bonds. The maximum atomic E-state index is 13.8. The number of para-hydroxylation sites is 1. The van der Waals surface area contributed by atoms with Crippen LogP contribution in [0.25, 0.3) is 0 Å². The van der Waals surface area contributed by atoms with E-state index in [1.54, 1.807) is 12.1 Å². The maximum Gasteiger partial charge on any atom is 0.281 e. The highest BCUT2D eigenvalue weighted by Crippen LogP contribution is 2.41. The quantitative estimate of drug-likeness (QED) is 0.437. The third kappa shape index (κ3) is 4.28. The highest BCUT2D eigenvalue weighted by molar-refractivity contribution is 7.12. The number of thiophene rings is 1. The Labute approximate surface area is 204 Å². The molecule has 0 atom stereocenters. The molecule has 4 rings (SSSR count). The molecule has 0 spiro atoms. The SMILES string of the molecule is CC(C)(C)C1=CC(=C2C(=O)N(c3ccccc3Cl)N=C2c2cccs2)C=C(C(C)(C)C)C1=O. The van der Waals surface area contributed by atoms with E-state index >= 15 is 0 Å². The van der Waals surface area contributed by atoms with Gasteiger partial charge in [-0.1, -0.05) is 71.3 Å². The summed E-state index contributed by atoms with van der Waals surface area (Å²) >= 11 is 7.94. The third-order valence-corrected chi connectivity index (χ3v) is 6.87. The lowest BCUT2D eigenvalue weighted by Gasteiger charge is -2.31. The number of Topliss-reactive ketones (excluding diaryl/α,β-unsaturated/α-hetero) is 1. The van der Waals surface area contributed by atoms with Crippen molar-refractivity contribution in [2.24, 2.45) is 15.9 Å². The first-order chi connectivity index (χ1) is 15.4. The molecule has 1 aromatic heterocycles. The Morgan fingerprint density at radius 1 is 0.879 bits per heavy atom. The van der Waals surface area contributed by atoms with E-state index in [1.807, 2.05) is 83.3 Å². The maximum absolute atomic E-state index is 13.8. The number of amides is 1. The van der Waals surface area contributed by atoms with Gasteiger partial charge in [-0.2, -0.15) is 10.1 Å². The minimum atomic E-state index is -0.377. The fourth-order valence-electron chi connectivity index (χ4n) is 3.92. The van der Waals surface area contributed by atoms with Gasteiger partial charge in [-0.05, 0) is 52.1 Å². The lowest BCUT2D eigenvalue weighted by molar-refractivity contribution is -0.115. The van der Waals surface area contributed by atoms with Crippen LogP contribution in [0, 0.1) is 10.8 Å². The predicted octanol–water partition coefficient (Wildman–Crippen LogP) is 6.98. The largest absolute Gasteiger partial charge is 0.289 e. The van der Waals surface area contributed by atoms with Crippen molar-refractivity contribution in [1.29, 1.82) is 0 Å². The van der Waals surface area contributed by atoms with E-state index in [4.69, 9.17) is 16.7 Å². The van der Waals surface area contributed by atoms with Gasteiger partial charge in [-0.15, -0.1) is 11.3 Å². The molecular formula is C27H27ClN2O2S. The predicted molar refractivity (Wildman–Crippen MR) is 137 cm³/mol. The first-order valence-corrected chi connectivity index (χ1v) is 12.1. The Morgan fingerprint density at radius 3 is 2.00 bits per heavy atom. The third-order valence-electron chi connectivity index (χ3n) is 5.67. The molecule has 0 saturated carbocycles. The van der Waals surface area contributed by atoms with Crippen LogP contribution in [0.3, 0.4) is 0 Å². The summed E-state index contributed by atoms with van der Waals surface area (Å²) in [5, 5.41) is 8.49. The number of carbonyl (C=O) groups excluding carboxylic acids is 2. The Morgan fingerprint density at radius 2 is 1.48 bits per heavy atom. The second-order valence-electron chi connectivity index (χ2n) is 10.3. The number of ketones is 1. The minimum Gasteiger partial charge on any atom is -0.289 e. The summed E-state index contributed by atoms with van der Waals surface area (Å²) in [4.78, 5) is 28.1. The standard InChI is InChI=1S/C27H27ClN2O2S/c1-26(2,3)17-14-16(15-18(24(17)31)27(4,5)6)22-23(21-12-9-13-33-21)29-30(25(22)32)20-11-8-7-10-19(20)28/h7-15H,1-6H3. The first kappa shape index (κ1) is 23.4. The van der Waals surface area contributed by atoms with Crippen molar-refractivity contribution in [2.45, 2.75) is 41.5 Å². The number of rotatable bonds is 2. The molecule has 0 bridgehead atoms. The van der Waals surface area contributed by atoms with Gasteiger partial charge in [0, 0.05) is 11.1 Å². The van der Waals surface area contributed by atoms with Gasteiger partial charge in [0.05, 0.1) is 21.2 Å². The number of allylic oxidation sites excluding steroid dienone is 5. The van der Waals surface area contributed by atoms with Crippen molar-refractivity contribution in [3.63, 3.8) is 0 Å². The van der Waals surface area contributed by atoms with Crippen LogP contribution in [0.2, 0.25) is 5.02 Å². The Kier molecular flexibility index (Phi) is 5.83. The van der Waals surface area contributed by atoms with Crippen LogP contribution < -0.4 is 5.01 Å². The number of halogens is 1. The smallest absolute Gasteiger partial charge is 0.281 e. The zero-order valence-corrected chi connectivity index (χ0v) is 21.3. The van der Waals surface area contributed by atoms with Crippen molar-refractivity contribution < 1.29 is 9.59 Å². The molecule has 2 aliphatic rings. The molecule has 1 aliphatic carbocycles. The number of hydrazone groups is 1. The van der Waals surface area contributed by atoms with Gasteiger partial charge in [-0.3, -0.25) is 9.59 Å². The topological polar surface area (TPSA) is 49.7 Å². The summed E-state index contributed by atoms with van der Waals surface area (Å²) in [5.74, 6) is -0.229. The molecule has 1 aliphatic heterocycles. The average molecular weight is 479 g/mol. The molecule has 0 radical (unpaired) electrons. The minimum absolute atomic E-state index is 0.0300. The first-order valence-electron chi connectivity index (χ1n) is 10.8. The highest BCUT2D eigenvalue weighted by atomic mass is 35.5. The second kappa shape index (κ2) is 8.23. The van der Waals surface area contributed by atoms with Crippen LogP contribution >= 0.6 is 22.9 Å². The summed E-state index contributed by atoms with van der Waals surface area (Å²) < 4.78 is 0. The van der Waals surface area contributed by atoms with Crippen LogP contribution in [0.5, 0.6) is 0 Å². The number of anilines is 1. The van der Waals surface area contributed by atoms with Crippen molar-refractivity contribution in [3.8, 4) is 0 Å². The van der Waals surface area contributed by atoms with Gasteiger partial charge in [0.1, 0.15) is 5.71 Å². The van der Waals surface area contributed by atoms with Gasteiger partial charge >= 0.3 is 0 Å². The van der Waals surface area contributed by atoms with Gasteiger partial charge < -0.3 is 0 Å². The van der Waals surface area contributed by atoms with E-state index < -0.39 is 0 Å². The van der Waals surface area contributed by atoms with Crippen LogP contribution in [0.4, 0.5) is 5.69 Å². The molecule has 33 heavy (non-hydrogen) atoms. The molecule has 1 aromatic carbocycles. The highest BCUT2D eigenvalue weighted by Gasteiger charge is 2.39. The summed E-state index contributed by atoms with van der Waals surface area (Å²) in [6, 6.07) is 11.0. The Hall–Kier alpha value is -2.76. The van der Waals surface area contributed by atoms with Gasteiger partial charge in [0.15, 0.2) is 5.78 Å². The van der Waals surface area contributed by atoms with Gasteiger partial charge in [0.2, 0.25) is 0 Å². The summed E-state index contributed by atoms with van der Waals surface area (Å²) in [5.41, 5.74) is 2.92. The van der Waals surface area contributed by atoms with Crippen LogP contribution in [0.15, 0.2) is 81.3 Å². The van der Waals surface area contributed by atoms with Crippen LogP contribution in [0.1, 0.15) is 46.4 Å². The monoisotopic (exact) mass is 478 g/mol. The number of carbonyl (C=O) groups is 2. The number of hydrogen-bond donors (Lipinski definition) is 0. The molecule has 4 nitrogen and oxygen atoms in total. The van der Waals surface area contributed by atoms with E-state index in [-0.39, 0.29) is 22.5 Å². The van der Waals surface area contributed by atoms with E-state index in [0.29, 0.717) is 38.7 Å². The number of nitrogens with zero attached hydrogens (tertiary/aromatic N) is 2. The number of hydrogen-bond acceptors (Lipinski definition) is 4. The van der Waals surface area contributed by atoms with E-state index in [0.717, 1.165) is 4.88 Å². The van der Waals surface area contributed by atoms with Gasteiger partial charge in [-0.25, -0.2) is 0 Å². The number of benzene rings is 1. The zero-order chi connectivity index (χ0) is 24.1. The fourth-order valence-corrected chi connectivity index (χ4v) is 4.85. The molecule has 2 heterocycles. The molecule has 0 saturated heterocycles. The normalized spacial score (nSPS) is 17.4. The van der Waals surface area contributed by atoms with E-state index in [1.165, 1.54) is 16.3 Å². The molecule has 170 valence electrons. The summed E-state index contributed by atoms with van der Waals surface area (Å²) in [7, 11) is 0. The molecular weight excluding hydrogens is 452 g/mol. The lowest BCUT2D eigenvalue weighted by atomic mass is 9.71.